The van der Waals surface area contributed by atoms with Crippen LogP contribution in [-0.4, -0.2) is 33.9 Å². The molecule has 1 aliphatic rings. The van der Waals surface area contributed by atoms with Crippen LogP contribution in [-0.2, 0) is 0 Å². The second-order valence-corrected chi connectivity index (χ2v) is 6.38. The van der Waals surface area contributed by atoms with E-state index in [9.17, 15) is 0 Å². The van der Waals surface area contributed by atoms with Crippen molar-refractivity contribution in [1.29, 1.82) is 0 Å². The van der Waals surface area contributed by atoms with E-state index in [1.165, 1.54) is 6.20 Å². The van der Waals surface area contributed by atoms with Crippen LogP contribution in [0.3, 0.4) is 0 Å². The molecule has 0 radical (unpaired) electrons. The number of nitrogens with zero attached hydrogens (tertiary/aromatic N) is 3. The van der Waals surface area contributed by atoms with Gasteiger partial charge in [0.15, 0.2) is 0 Å². The number of aliphatic hydroxyl groups excluding tert-OH is 1. The topological polar surface area (TPSA) is 84.4 Å². The number of rotatable bonds is 4. The van der Waals surface area contributed by atoms with Crippen LogP contribution in [0.4, 0.5) is 0 Å². The van der Waals surface area contributed by atoms with Gasteiger partial charge in [-0.15, -0.1) is 0 Å². The van der Waals surface area contributed by atoms with E-state index >= 15 is 0 Å². The SMILES string of the molecule is NC=C(C=NC1CC(CO)C1)c1cnc2ccc(Br)cc2n1. The number of aliphatic imine (C=N–C) groups is 1. The summed E-state index contributed by atoms with van der Waals surface area (Å²) in [6.07, 6.45) is 6.83. The highest BCUT2D eigenvalue weighted by atomic mass is 79.9. The van der Waals surface area contributed by atoms with Gasteiger partial charge < -0.3 is 10.8 Å². The Morgan fingerprint density at radius 2 is 2.23 bits per heavy atom. The molecule has 22 heavy (non-hydrogen) atoms. The molecule has 3 rings (SSSR count). The maximum atomic E-state index is 9.02. The van der Waals surface area contributed by atoms with E-state index in [0.717, 1.165) is 33.9 Å². The van der Waals surface area contributed by atoms with Crippen LogP contribution in [0, 0.1) is 5.92 Å². The van der Waals surface area contributed by atoms with Crippen LogP contribution in [0.1, 0.15) is 18.5 Å². The van der Waals surface area contributed by atoms with Crippen LogP contribution in [0.5, 0.6) is 0 Å². The second kappa shape index (κ2) is 6.54. The van der Waals surface area contributed by atoms with Gasteiger partial charge in [0.2, 0.25) is 0 Å². The van der Waals surface area contributed by atoms with E-state index in [1.54, 1.807) is 12.4 Å². The van der Waals surface area contributed by atoms with Crippen molar-refractivity contribution in [2.45, 2.75) is 18.9 Å². The Hall–Kier alpha value is -1.79. The highest BCUT2D eigenvalue weighted by Gasteiger charge is 2.27. The molecule has 1 saturated carbocycles. The largest absolute Gasteiger partial charge is 0.404 e. The molecule has 1 aromatic heterocycles. The third kappa shape index (κ3) is 3.18. The lowest BCUT2D eigenvalue weighted by molar-refractivity contribution is 0.145. The minimum Gasteiger partial charge on any atom is -0.404 e. The maximum absolute atomic E-state index is 9.02. The number of fused-ring (bicyclic) bond motifs is 1. The Morgan fingerprint density at radius 1 is 1.41 bits per heavy atom. The van der Waals surface area contributed by atoms with E-state index in [2.05, 4.69) is 30.9 Å². The predicted molar refractivity (Wildman–Crippen MR) is 91.5 cm³/mol. The Labute approximate surface area is 137 Å². The summed E-state index contributed by atoms with van der Waals surface area (Å²) in [5.41, 5.74) is 8.81. The minimum absolute atomic E-state index is 0.247. The Balaban J connectivity index is 1.80. The van der Waals surface area contributed by atoms with Gasteiger partial charge in [0.1, 0.15) is 0 Å². The summed E-state index contributed by atoms with van der Waals surface area (Å²) in [5, 5.41) is 9.02. The fraction of sp³-hybridized carbons (Fsp3) is 0.312. The summed E-state index contributed by atoms with van der Waals surface area (Å²) in [6, 6.07) is 6.05. The Kier molecular flexibility index (Phi) is 4.49. The van der Waals surface area contributed by atoms with Crippen LogP contribution in [0.15, 0.2) is 40.1 Å². The van der Waals surface area contributed by atoms with Crippen molar-refractivity contribution in [3.63, 3.8) is 0 Å². The average Bonchev–Trinajstić information content (AvgIpc) is 2.49. The second-order valence-electron chi connectivity index (χ2n) is 5.46. The number of halogens is 1. The molecular formula is C16H17BrN4O. The van der Waals surface area contributed by atoms with E-state index in [1.807, 2.05) is 18.2 Å². The third-order valence-corrected chi connectivity index (χ3v) is 4.37. The Morgan fingerprint density at radius 3 is 2.95 bits per heavy atom. The maximum Gasteiger partial charge on any atom is 0.0922 e. The molecule has 0 unspecified atom stereocenters. The monoisotopic (exact) mass is 360 g/mol. The number of nitrogens with two attached hydrogens (primary N) is 1. The summed E-state index contributed by atoms with van der Waals surface area (Å²) < 4.78 is 0.961. The van der Waals surface area contributed by atoms with Gasteiger partial charge in [-0.25, -0.2) is 4.98 Å². The molecule has 3 N–H and O–H groups in total. The smallest absolute Gasteiger partial charge is 0.0922 e. The lowest BCUT2D eigenvalue weighted by atomic mass is 9.81. The van der Waals surface area contributed by atoms with Gasteiger partial charge in [-0.05, 0) is 37.0 Å². The van der Waals surface area contributed by atoms with Crippen molar-refractivity contribution in [2.75, 3.05) is 6.61 Å². The van der Waals surface area contributed by atoms with Gasteiger partial charge in [-0.1, -0.05) is 15.9 Å². The molecule has 1 fully saturated rings. The highest BCUT2D eigenvalue weighted by Crippen LogP contribution is 2.29. The first-order valence-corrected chi connectivity index (χ1v) is 7.97. The molecule has 0 saturated heterocycles. The van der Waals surface area contributed by atoms with Crippen LogP contribution >= 0.6 is 15.9 Å². The van der Waals surface area contributed by atoms with Gasteiger partial charge >= 0.3 is 0 Å². The van der Waals surface area contributed by atoms with Crippen LogP contribution in [0.2, 0.25) is 0 Å². The fourth-order valence-electron chi connectivity index (χ4n) is 2.48. The van der Waals surface area contributed by atoms with E-state index < -0.39 is 0 Å². The van der Waals surface area contributed by atoms with Gasteiger partial charge in [-0.2, -0.15) is 0 Å². The van der Waals surface area contributed by atoms with Crippen LogP contribution < -0.4 is 5.73 Å². The minimum atomic E-state index is 0.247. The van der Waals surface area contributed by atoms with Crippen molar-refractivity contribution in [2.24, 2.45) is 16.6 Å². The molecule has 5 nitrogen and oxygen atoms in total. The number of aliphatic hydroxyl groups is 1. The zero-order chi connectivity index (χ0) is 15.5. The van der Waals surface area contributed by atoms with Gasteiger partial charge in [0.05, 0.1) is 29.0 Å². The molecule has 0 amide bonds. The molecule has 1 aromatic carbocycles. The van der Waals surface area contributed by atoms with Crippen molar-refractivity contribution in [3.8, 4) is 0 Å². The summed E-state index contributed by atoms with van der Waals surface area (Å²) in [7, 11) is 0. The summed E-state index contributed by atoms with van der Waals surface area (Å²) in [4.78, 5) is 13.5. The molecule has 2 aromatic rings. The van der Waals surface area contributed by atoms with Gasteiger partial charge in [0.25, 0.3) is 0 Å². The zero-order valence-corrected chi connectivity index (χ0v) is 13.6. The lowest BCUT2D eigenvalue weighted by Gasteiger charge is -2.30. The first-order valence-electron chi connectivity index (χ1n) is 7.18. The highest BCUT2D eigenvalue weighted by molar-refractivity contribution is 9.10. The number of hydrogen-bond donors (Lipinski definition) is 2. The number of allylic oxidation sites excluding steroid dienone is 1. The van der Waals surface area contributed by atoms with E-state index in [4.69, 9.17) is 10.8 Å². The summed E-state index contributed by atoms with van der Waals surface area (Å²) in [6.45, 7) is 0.247. The molecule has 114 valence electrons. The molecule has 0 aliphatic heterocycles. The quantitative estimate of drug-likeness (QED) is 0.820. The zero-order valence-electron chi connectivity index (χ0n) is 12.0. The fourth-order valence-corrected chi connectivity index (χ4v) is 2.82. The Bertz CT molecular complexity index is 738. The number of hydrogen-bond acceptors (Lipinski definition) is 5. The van der Waals surface area contributed by atoms with Gasteiger partial charge in [0, 0.05) is 29.1 Å². The standard InChI is InChI=1S/C16H17BrN4O/c17-12-1-2-14-15(5-12)21-16(8-20-14)11(6-18)7-19-13-3-10(4-13)9-22/h1-2,5-8,10,13,22H,3-4,9,18H2. The molecule has 6 heteroatoms. The van der Waals surface area contributed by atoms with Crippen molar-refractivity contribution >= 4 is 38.8 Å². The van der Waals surface area contributed by atoms with Crippen molar-refractivity contribution < 1.29 is 5.11 Å². The van der Waals surface area contributed by atoms with Crippen molar-refractivity contribution in [3.05, 3.63) is 40.8 Å². The average molecular weight is 361 g/mol. The molecule has 0 spiro atoms. The van der Waals surface area contributed by atoms with E-state index in [0.29, 0.717) is 11.6 Å². The first-order chi connectivity index (χ1) is 10.7. The molecule has 0 bridgehead atoms. The lowest BCUT2D eigenvalue weighted by Crippen LogP contribution is -2.29. The molecule has 1 aliphatic carbocycles. The predicted octanol–water partition coefficient (Wildman–Crippen LogP) is 2.53. The summed E-state index contributed by atoms with van der Waals surface area (Å²) >= 11 is 3.44. The van der Waals surface area contributed by atoms with Gasteiger partial charge in [-0.3, -0.25) is 9.98 Å². The normalized spacial score (nSPS) is 22.2. The molecular weight excluding hydrogens is 344 g/mol. The molecule has 0 atom stereocenters. The van der Waals surface area contributed by atoms with Crippen LogP contribution in [0.25, 0.3) is 16.6 Å². The summed E-state index contributed by atoms with van der Waals surface area (Å²) in [5.74, 6) is 0.394. The first kappa shape index (κ1) is 15.1. The molecule has 1 heterocycles. The van der Waals surface area contributed by atoms with Crippen molar-refractivity contribution in [1.82, 2.24) is 9.97 Å². The third-order valence-electron chi connectivity index (χ3n) is 3.87. The van der Waals surface area contributed by atoms with E-state index in [-0.39, 0.29) is 12.6 Å². The number of aromatic nitrogens is 2. The number of benzene rings is 1.